The van der Waals surface area contributed by atoms with Crippen molar-refractivity contribution in [3.05, 3.63) is 167 Å². The number of para-hydroxylation sites is 1. The Morgan fingerprint density at radius 3 is 1.74 bits per heavy atom. The Labute approximate surface area is 228 Å². The van der Waals surface area contributed by atoms with Crippen LogP contribution in [0.3, 0.4) is 0 Å². The molecule has 0 saturated carbocycles. The third kappa shape index (κ3) is 2.90. The first-order valence-corrected chi connectivity index (χ1v) is 13.7. The molecular weight excluding hydrogens is 472 g/mol. The zero-order valence-corrected chi connectivity index (χ0v) is 22.1. The molecule has 7 aromatic rings. The molecule has 0 atom stereocenters. The van der Waals surface area contributed by atoms with Gasteiger partial charge in [0.1, 0.15) is 11.2 Å². The number of rotatable bonds is 2. The van der Waals surface area contributed by atoms with Crippen LogP contribution in [0.1, 0.15) is 47.2 Å². The van der Waals surface area contributed by atoms with Crippen LogP contribution in [0.25, 0.3) is 32.7 Å². The van der Waals surface area contributed by atoms with Crippen LogP contribution in [-0.4, -0.2) is 0 Å². The fraction of sp³-hybridized carbons (Fsp3) is 0.105. The molecule has 0 aliphatic heterocycles. The summed E-state index contributed by atoms with van der Waals surface area (Å²) in [7, 11) is 0. The Hall–Kier alpha value is -4.62. The van der Waals surface area contributed by atoms with E-state index in [4.69, 9.17) is 4.42 Å². The number of hydrogen-bond acceptors (Lipinski definition) is 1. The predicted octanol–water partition coefficient (Wildman–Crippen LogP) is 9.76. The van der Waals surface area contributed by atoms with E-state index >= 15 is 0 Å². The summed E-state index contributed by atoms with van der Waals surface area (Å²) in [6.07, 6.45) is 0. The van der Waals surface area contributed by atoms with E-state index in [-0.39, 0.29) is 5.41 Å². The van der Waals surface area contributed by atoms with Gasteiger partial charge in [-0.1, -0.05) is 129 Å². The van der Waals surface area contributed by atoms with Crippen molar-refractivity contribution in [3.8, 4) is 0 Å². The summed E-state index contributed by atoms with van der Waals surface area (Å²) in [5.41, 5.74) is 9.24. The molecule has 0 radical (unpaired) electrons. The lowest BCUT2D eigenvalue weighted by molar-refractivity contribution is 0.560. The number of hydrogen-bond donors (Lipinski definition) is 0. The molecule has 1 aliphatic carbocycles. The van der Waals surface area contributed by atoms with Gasteiger partial charge in [0.05, 0.1) is 5.41 Å². The molecule has 1 aliphatic rings. The zero-order valence-electron chi connectivity index (χ0n) is 22.1. The summed E-state index contributed by atoms with van der Waals surface area (Å²) < 4.78 is 6.41. The largest absolute Gasteiger partial charge is 0.456 e. The number of fused-ring (bicyclic) bond motifs is 6. The van der Waals surface area contributed by atoms with Gasteiger partial charge in [-0.25, -0.2) is 0 Å². The molecule has 0 spiro atoms. The third-order valence-electron chi connectivity index (χ3n) is 9.00. The van der Waals surface area contributed by atoms with Crippen molar-refractivity contribution in [1.82, 2.24) is 0 Å². The second kappa shape index (κ2) is 7.94. The van der Waals surface area contributed by atoms with E-state index in [1.54, 1.807) is 0 Å². The first kappa shape index (κ1) is 22.4. The van der Waals surface area contributed by atoms with E-state index < -0.39 is 5.41 Å². The van der Waals surface area contributed by atoms with Gasteiger partial charge in [0.15, 0.2) is 0 Å². The fourth-order valence-electron chi connectivity index (χ4n) is 7.27. The Morgan fingerprint density at radius 1 is 0.436 bits per heavy atom. The van der Waals surface area contributed by atoms with Gasteiger partial charge in [0, 0.05) is 16.2 Å². The summed E-state index contributed by atoms with van der Waals surface area (Å²) in [6, 6.07) is 48.9. The van der Waals surface area contributed by atoms with Crippen molar-refractivity contribution in [2.45, 2.75) is 24.7 Å². The maximum absolute atomic E-state index is 6.41. The molecule has 0 bridgehead atoms. The molecule has 8 rings (SSSR count). The Kier molecular flexibility index (Phi) is 4.56. The van der Waals surface area contributed by atoms with Crippen LogP contribution in [0.15, 0.2) is 138 Å². The van der Waals surface area contributed by atoms with Crippen LogP contribution in [0.4, 0.5) is 0 Å². The summed E-state index contributed by atoms with van der Waals surface area (Å²) >= 11 is 0. The molecule has 0 amide bonds. The summed E-state index contributed by atoms with van der Waals surface area (Å²) in [5, 5.41) is 4.76. The summed E-state index contributed by atoms with van der Waals surface area (Å²) in [6.45, 7) is 4.72. The Morgan fingerprint density at radius 2 is 1.03 bits per heavy atom. The van der Waals surface area contributed by atoms with Crippen molar-refractivity contribution in [1.29, 1.82) is 0 Å². The molecule has 0 fully saturated rings. The standard InChI is InChI=1S/C38H28O/c1-37(2)31-17-7-9-19-33(31)38(26-14-4-3-5-15-26,34-20-10-8-18-32(34)37)30-21-12-13-25-23-29-27-16-6-11-22-35(27)39-36(29)24-28(25)30/h3-24H,1-2H3. The van der Waals surface area contributed by atoms with Crippen LogP contribution >= 0.6 is 0 Å². The Balaban J connectivity index is 1.58. The molecule has 0 N–H and O–H groups in total. The van der Waals surface area contributed by atoms with Crippen molar-refractivity contribution in [3.63, 3.8) is 0 Å². The minimum Gasteiger partial charge on any atom is -0.456 e. The van der Waals surface area contributed by atoms with Crippen molar-refractivity contribution < 1.29 is 4.42 Å². The molecule has 0 unspecified atom stereocenters. The highest BCUT2D eigenvalue weighted by Gasteiger charge is 2.49. The van der Waals surface area contributed by atoms with E-state index in [0.29, 0.717) is 0 Å². The topological polar surface area (TPSA) is 13.1 Å². The van der Waals surface area contributed by atoms with E-state index in [1.807, 2.05) is 6.07 Å². The second-order valence-corrected chi connectivity index (χ2v) is 11.3. The fourth-order valence-corrected chi connectivity index (χ4v) is 7.27. The highest BCUT2D eigenvalue weighted by atomic mass is 16.3. The summed E-state index contributed by atoms with van der Waals surface area (Å²) in [5.74, 6) is 0. The first-order valence-electron chi connectivity index (χ1n) is 13.7. The number of benzene rings is 6. The van der Waals surface area contributed by atoms with Gasteiger partial charge in [0.2, 0.25) is 0 Å². The number of furan rings is 1. The minimum absolute atomic E-state index is 0.123. The van der Waals surface area contributed by atoms with Gasteiger partial charge in [-0.2, -0.15) is 0 Å². The molecule has 39 heavy (non-hydrogen) atoms. The zero-order chi connectivity index (χ0) is 26.2. The lowest BCUT2D eigenvalue weighted by Gasteiger charge is -2.48. The Bertz CT molecular complexity index is 1990. The molecule has 1 nitrogen and oxygen atoms in total. The van der Waals surface area contributed by atoms with E-state index in [9.17, 15) is 0 Å². The predicted molar refractivity (Wildman–Crippen MR) is 162 cm³/mol. The van der Waals surface area contributed by atoms with Crippen LogP contribution < -0.4 is 0 Å². The van der Waals surface area contributed by atoms with Crippen LogP contribution in [-0.2, 0) is 10.8 Å². The molecular formula is C38H28O. The average molecular weight is 501 g/mol. The maximum Gasteiger partial charge on any atom is 0.136 e. The molecule has 1 aromatic heterocycles. The van der Waals surface area contributed by atoms with Gasteiger partial charge in [0.25, 0.3) is 0 Å². The maximum atomic E-state index is 6.41. The smallest absolute Gasteiger partial charge is 0.136 e. The highest BCUT2D eigenvalue weighted by molar-refractivity contribution is 6.10. The molecule has 1 heteroatoms. The lowest BCUT2D eigenvalue weighted by atomic mass is 9.54. The van der Waals surface area contributed by atoms with Gasteiger partial charge in [-0.15, -0.1) is 0 Å². The van der Waals surface area contributed by atoms with E-state index in [2.05, 4.69) is 141 Å². The molecule has 1 heterocycles. The first-order chi connectivity index (χ1) is 19.1. The van der Waals surface area contributed by atoms with Gasteiger partial charge in [-0.05, 0) is 62.4 Å². The van der Waals surface area contributed by atoms with Crippen molar-refractivity contribution in [2.24, 2.45) is 0 Å². The average Bonchev–Trinajstić information content (AvgIpc) is 3.35. The van der Waals surface area contributed by atoms with Crippen LogP contribution in [0.2, 0.25) is 0 Å². The summed E-state index contributed by atoms with van der Waals surface area (Å²) in [4.78, 5) is 0. The SMILES string of the molecule is CC1(C)c2ccccc2C(c2ccccc2)(c2cccc3cc4c(cc23)oc2ccccc24)c2ccccc21. The molecule has 186 valence electrons. The van der Waals surface area contributed by atoms with Crippen LogP contribution in [0.5, 0.6) is 0 Å². The van der Waals surface area contributed by atoms with Gasteiger partial charge >= 0.3 is 0 Å². The van der Waals surface area contributed by atoms with Crippen LogP contribution in [0, 0.1) is 0 Å². The van der Waals surface area contributed by atoms with E-state index in [0.717, 1.165) is 21.9 Å². The second-order valence-electron chi connectivity index (χ2n) is 11.3. The molecule has 6 aromatic carbocycles. The monoisotopic (exact) mass is 500 g/mol. The highest BCUT2D eigenvalue weighted by Crippen LogP contribution is 2.57. The third-order valence-corrected chi connectivity index (χ3v) is 9.00. The van der Waals surface area contributed by atoms with Crippen molar-refractivity contribution in [2.75, 3.05) is 0 Å². The quantitative estimate of drug-likeness (QED) is 0.230. The van der Waals surface area contributed by atoms with Gasteiger partial charge < -0.3 is 4.42 Å². The molecule has 0 saturated heterocycles. The minimum atomic E-state index is -0.483. The van der Waals surface area contributed by atoms with E-state index in [1.165, 1.54) is 44.2 Å². The lowest BCUT2D eigenvalue weighted by Crippen LogP contribution is -2.42. The van der Waals surface area contributed by atoms with Gasteiger partial charge in [-0.3, -0.25) is 0 Å². The normalized spacial score (nSPS) is 15.3. The van der Waals surface area contributed by atoms with Crippen molar-refractivity contribution >= 4 is 32.7 Å².